The van der Waals surface area contributed by atoms with Crippen molar-refractivity contribution in [1.29, 1.82) is 0 Å². The fourth-order valence-corrected chi connectivity index (χ4v) is 3.20. The molecule has 3 aromatic rings. The van der Waals surface area contributed by atoms with Gasteiger partial charge in [-0.05, 0) is 31.5 Å². The highest BCUT2D eigenvalue weighted by molar-refractivity contribution is 7.98. The minimum atomic E-state index is 0.125. The molecule has 2 heterocycles. The Labute approximate surface area is 147 Å². The summed E-state index contributed by atoms with van der Waals surface area (Å²) in [6.07, 6.45) is 3.98. The van der Waals surface area contributed by atoms with Crippen molar-refractivity contribution in [2.24, 2.45) is 7.05 Å². The first-order chi connectivity index (χ1) is 11.6. The molecule has 0 bridgehead atoms. The predicted molar refractivity (Wildman–Crippen MR) is 100 cm³/mol. The molecule has 124 valence electrons. The molecule has 5 heteroatoms. The highest BCUT2D eigenvalue weighted by Gasteiger charge is 2.10. The van der Waals surface area contributed by atoms with E-state index in [9.17, 15) is 0 Å². The van der Waals surface area contributed by atoms with Gasteiger partial charge in [0.05, 0.1) is 11.7 Å². The van der Waals surface area contributed by atoms with E-state index in [0.717, 1.165) is 23.1 Å². The number of anilines is 1. The summed E-state index contributed by atoms with van der Waals surface area (Å²) >= 11 is 1.80. The Morgan fingerprint density at radius 2 is 1.96 bits per heavy atom. The summed E-state index contributed by atoms with van der Waals surface area (Å²) < 4.78 is 2.03. The maximum Gasteiger partial charge on any atom is 0.126 e. The average molecular weight is 338 g/mol. The van der Waals surface area contributed by atoms with E-state index in [0.29, 0.717) is 0 Å². The zero-order valence-corrected chi connectivity index (χ0v) is 15.0. The first-order valence-electron chi connectivity index (χ1n) is 8.01. The number of hydrogen-bond donors (Lipinski definition) is 1. The van der Waals surface area contributed by atoms with E-state index in [-0.39, 0.29) is 6.04 Å². The lowest BCUT2D eigenvalue weighted by Crippen LogP contribution is -2.08. The fraction of sp³-hybridized carbons (Fsp3) is 0.263. The molecule has 0 radical (unpaired) electrons. The van der Waals surface area contributed by atoms with Crippen molar-refractivity contribution in [3.63, 3.8) is 0 Å². The first-order valence-corrected chi connectivity index (χ1v) is 8.99. The van der Waals surface area contributed by atoms with Gasteiger partial charge in [-0.15, -0.1) is 11.8 Å². The van der Waals surface area contributed by atoms with Gasteiger partial charge in [-0.1, -0.05) is 30.3 Å². The van der Waals surface area contributed by atoms with Gasteiger partial charge in [-0.3, -0.25) is 0 Å². The summed E-state index contributed by atoms with van der Waals surface area (Å²) in [4.78, 5) is 10.2. The summed E-state index contributed by atoms with van der Waals surface area (Å²) in [5, 5.41) is 3.40. The van der Waals surface area contributed by atoms with Crippen LogP contribution in [0.4, 0.5) is 5.82 Å². The Morgan fingerprint density at radius 3 is 2.58 bits per heavy atom. The van der Waals surface area contributed by atoms with Crippen LogP contribution in [0.15, 0.2) is 59.8 Å². The number of benzene rings is 1. The number of hydrogen-bond acceptors (Lipinski definition) is 4. The number of rotatable bonds is 6. The van der Waals surface area contributed by atoms with Crippen molar-refractivity contribution < 1.29 is 0 Å². The third-order valence-electron chi connectivity index (χ3n) is 3.92. The third kappa shape index (κ3) is 4.17. The van der Waals surface area contributed by atoms with Crippen LogP contribution >= 0.6 is 11.8 Å². The molecule has 1 atom stereocenters. The number of aryl methyl sites for hydroxylation is 2. The van der Waals surface area contributed by atoms with E-state index in [1.54, 1.807) is 11.8 Å². The van der Waals surface area contributed by atoms with Gasteiger partial charge >= 0.3 is 0 Å². The van der Waals surface area contributed by atoms with Crippen LogP contribution in [0, 0.1) is 6.92 Å². The summed E-state index contributed by atoms with van der Waals surface area (Å²) in [6.45, 7) is 4.11. The topological polar surface area (TPSA) is 42.7 Å². The van der Waals surface area contributed by atoms with Crippen LogP contribution in [0.2, 0.25) is 0 Å². The Kier molecular flexibility index (Phi) is 5.20. The Morgan fingerprint density at radius 1 is 1.17 bits per heavy atom. The molecule has 0 saturated heterocycles. The zero-order chi connectivity index (χ0) is 16.9. The molecule has 1 unspecified atom stereocenters. The first kappa shape index (κ1) is 16.6. The van der Waals surface area contributed by atoms with Gasteiger partial charge in [-0.25, -0.2) is 9.97 Å². The zero-order valence-electron chi connectivity index (χ0n) is 14.2. The molecular weight excluding hydrogens is 316 g/mol. The van der Waals surface area contributed by atoms with E-state index in [4.69, 9.17) is 0 Å². The summed E-state index contributed by atoms with van der Waals surface area (Å²) in [5.74, 6) is 2.84. The number of nitrogens with one attached hydrogen (secondary N) is 1. The van der Waals surface area contributed by atoms with Gasteiger partial charge in [0.2, 0.25) is 0 Å². The fourth-order valence-electron chi connectivity index (χ4n) is 2.38. The molecule has 0 aliphatic rings. The Bertz CT molecular complexity index is 761. The standard InChI is InChI=1S/C19H22N4S/c1-14(18-12-23(3)15(2)22-18)21-19-10-9-17(11-20-19)24-13-16-7-5-4-6-8-16/h4-12,14H,13H2,1-3H3,(H,20,21). The molecule has 1 aromatic carbocycles. The van der Waals surface area contributed by atoms with Crippen LogP contribution in [0.3, 0.4) is 0 Å². The molecule has 4 nitrogen and oxygen atoms in total. The Hall–Kier alpha value is -2.27. The van der Waals surface area contributed by atoms with Crippen LogP contribution in [-0.2, 0) is 12.8 Å². The monoisotopic (exact) mass is 338 g/mol. The van der Waals surface area contributed by atoms with Gasteiger partial charge in [0.15, 0.2) is 0 Å². The number of pyridine rings is 1. The van der Waals surface area contributed by atoms with Crippen LogP contribution in [0.5, 0.6) is 0 Å². The Balaban J connectivity index is 1.58. The molecule has 24 heavy (non-hydrogen) atoms. The second-order valence-electron chi connectivity index (χ2n) is 5.84. The second-order valence-corrected chi connectivity index (χ2v) is 6.89. The smallest absolute Gasteiger partial charge is 0.126 e. The molecule has 0 spiro atoms. The van der Waals surface area contributed by atoms with Crippen LogP contribution in [0.25, 0.3) is 0 Å². The number of nitrogens with zero attached hydrogens (tertiary/aromatic N) is 3. The molecule has 3 rings (SSSR count). The number of aromatic nitrogens is 3. The minimum Gasteiger partial charge on any atom is -0.362 e. The lowest BCUT2D eigenvalue weighted by atomic mass is 10.2. The molecule has 1 N–H and O–H groups in total. The lowest BCUT2D eigenvalue weighted by Gasteiger charge is -2.12. The van der Waals surface area contributed by atoms with E-state index in [1.807, 2.05) is 36.9 Å². The average Bonchev–Trinajstić information content (AvgIpc) is 2.94. The number of imidazole rings is 1. The summed E-state index contributed by atoms with van der Waals surface area (Å²) in [5.41, 5.74) is 2.35. The second kappa shape index (κ2) is 7.53. The van der Waals surface area contributed by atoms with Crippen molar-refractivity contribution >= 4 is 17.6 Å². The third-order valence-corrected chi connectivity index (χ3v) is 4.97. The van der Waals surface area contributed by atoms with Crippen molar-refractivity contribution in [2.75, 3.05) is 5.32 Å². The molecular formula is C19H22N4S. The van der Waals surface area contributed by atoms with Gasteiger partial charge in [-0.2, -0.15) is 0 Å². The normalized spacial score (nSPS) is 12.1. The van der Waals surface area contributed by atoms with Crippen molar-refractivity contribution in [3.05, 3.63) is 71.9 Å². The van der Waals surface area contributed by atoms with Crippen molar-refractivity contribution in [2.45, 2.75) is 30.5 Å². The minimum absolute atomic E-state index is 0.125. The van der Waals surface area contributed by atoms with Gasteiger partial charge < -0.3 is 9.88 Å². The predicted octanol–water partition coefficient (Wildman–Crippen LogP) is 4.59. The molecule has 0 fully saturated rings. The van der Waals surface area contributed by atoms with Crippen molar-refractivity contribution in [3.8, 4) is 0 Å². The number of thioether (sulfide) groups is 1. The lowest BCUT2D eigenvalue weighted by molar-refractivity contribution is 0.836. The van der Waals surface area contributed by atoms with E-state index in [1.165, 1.54) is 10.5 Å². The van der Waals surface area contributed by atoms with Crippen LogP contribution < -0.4 is 5.32 Å². The van der Waals surface area contributed by atoms with E-state index in [2.05, 4.69) is 58.7 Å². The van der Waals surface area contributed by atoms with Gasteiger partial charge in [0, 0.05) is 30.1 Å². The van der Waals surface area contributed by atoms with Crippen LogP contribution in [0.1, 0.15) is 30.0 Å². The highest BCUT2D eigenvalue weighted by atomic mass is 32.2. The highest BCUT2D eigenvalue weighted by Crippen LogP contribution is 2.24. The molecule has 0 amide bonds. The van der Waals surface area contributed by atoms with E-state index >= 15 is 0 Å². The summed E-state index contributed by atoms with van der Waals surface area (Å²) in [7, 11) is 2.01. The van der Waals surface area contributed by atoms with Gasteiger partial charge in [0.1, 0.15) is 11.6 Å². The molecule has 2 aromatic heterocycles. The maximum absolute atomic E-state index is 4.56. The van der Waals surface area contributed by atoms with E-state index < -0.39 is 0 Å². The SMILES string of the molecule is Cc1nc(C(C)Nc2ccc(SCc3ccccc3)cn2)cn1C. The molecule has 0 aliphatic carbocycles. The quantitative estimate of drug-likeness (QED) is 0.668. The van der Waals surface area contributed by atoms with Crippen LogP contribution in [-0.4, -0.2) is 14.5 Å². The molecule has 0 saturated carbocycles. The van der Waals surface area contributed by atoms with Gasteiger partial charge in [0.25, 0.3) is 0 Å². The van der Waals surface area contributed by atoms with Crippen molar-refractivity contribution in [1.82, 2.24) is 14.5 Å². The molecule has 0 aliphatic heterocycles. The summed E-state index contributed by atoms with van der Waals surface area (Å²) in [6, 6.07) is 14.7. The largest absolute Gasteiger partial charge is 0.362 e. The maximum atomic E-state index is 4.56.